The molecule has 1 saturated heterocycles. The number of carbonyl (C=O) groups excluding carboxylic acids is 2. The number of fused-ring (bicyclic) bond motifs is 1. The molecule has 2 aliphatic heterocycles. The molecule has 2 aromatic rings. The number of piperidine rings is 1. The average molecular weight is 580 g/mol. The maximum atomic E-state index is 13.6. The number of halogens is 1. The minimum Gasteiger partial charge on any atom is -0.481 e. The van der Waals surface area contributed by atoms with E-state index in [9.17, 15) is 23.9 Å². The van der Waals surface area contributed by atoms with Gasteiger partial charge in [-0.25, -0.2) is 4.39 Å². The van der Waals surface area contributed by atoms with Crippen molar-refractivity contribution in [3.63, 3.8) is 0 Å². The number of carboxylic acids is 1. The van der Waals surface area contributed by atoms with Crippen LogP contribution in [0.3, 0.4) is 0 Å². The lowest BCUT2D eigenvalue weighted by Crippen LogP contribution is -2.55. The summed E-state index contributed by atoms with van der Waals surface area (Å²) >= 11 is 0. The Morgan fingerprint density at radius 1 is 1.00 bits per heavy atom. The van der Waals surface area contributed by atoms with Crippen molar-refractivity contribution in [3.05, 3.63) is 59.4 Å². The average Bonchev–Trinajstić information content (AvgIpc) is 3.35. The number of carbonyl (C=O) groups is 3. The molecule has 2 aromatic carbocycles. The summed E-state index contributed by atoms with van der Waals surface area (Å²) < 4.78 is 13.6. The van der Waals surface area contributed by atoms with Gasteiger partial charge in [0.2, 0.25) is 5.91 Å². The van der Waals surface area contributed by atoms with Gasteiger partial charge in [-0.05, 0) is 107 Å². The number of nitrogens with one attached hydrogen (secondary N) is 2. The Morgan fingerprint density at radius 2 is 1.67 bits per heavy atom. The molecule has 3 N–H and O–H groups in total. The topological polar surface area (TPSA) is 105 Å². The van der Waals surface area contributed by atoms with Crippen LogP contribution in [-0.4, -0.2) is 71.2 Å². The van der Waals surface area contributed by atoms with Crippen molar-refractivity contribution < 1.29 is 23.9 Å². The summed E-state index contributed by atoms with van der Waals surface area (Å²) in [6, 6.07) is 12.2. The van der Waals surface area contributed by atoms with Gasteiger partial charge >= 0.3 is 5.97 Å². The number of hydrogen-bond acceptors (Lipinski definition) is 6. The van der Waals surface area contributed by atoms with Crippen molar-refractivity contribution in [1.29, 1.82) is 0 Å². The van der Waals surface area contributed by atoms with Crippen LogP contribution in [0, 0.1) is 17.7 Å². The molecule has 2 amide bonds. The van der Waals surface area contributed by atoms with Gasteiger partial charge in [0, 0.05) is 37.2 Å². The van der Waals surface area contributed by atoms with Crippen LogP contribution < -0.4 is 15.5 Å². The van der Waals surface area contributed by atoms with Gasteiger partial charge in [-0.3, -0.25) is 19.3 Å². The zero-order chi connectivity index (χ0) is 30.0. The van der Waals surface area contributed by atoms with E-state index in [-0.39, 0.29) is 41.6 Å². The van der Waals surface area contributed by atoms with E-state index in [0.29, 0.717) is 18.4 Å². The van der Waals surface area contributed by atoms with Gasteiger partial charge in [0.15, 0.2) is 6.29 Å². The van der Waals surface area contributed by atoms with Crippen LogP contribution in [0.5, 0.6) is 0 Å². The largest absolute Gasteiger partial charge is 0.481 e. The van der Waals surface area contributed by atoms with Gasteiger partial charge in [0.1, 0.15) is 5.82 Å². The van der Waals surface area contributed by atoms with Crippen LogP contribution in [-0.2, 0) is 16.1 Å². The van der Waals surface area contributed by atoms with Crippen LogP contribution >= 0.6 is 0 Å². The second-order valence-electron chi connectivity index (χ2n) is 12.3. The van der Waals surface area contributed by atoms with Crippen molar-refractivity contribution >= 4 is 29.2 Å². The predicted octanol–water partition coefficient (Wildman–Crippen LogP) is 4.49. The van der Waals surface area contributed by atoms with Crippen molar-refractivity contribution in [3.8, 4) is 0 Å². The van der Waals surface area contributed by atoms with Crippen molar-refractivity contribution in [2.24, 2.45) is 11.8 Å². The van der Waals surface area contributed by atoms with Crippen LogP contribution in [0.2, 0.25) is 0 Å². The predicted molar refractivity (Wildman–Crippen MR) is 159 cm³/mol. The van der Waals surface area contributed by atoms with Crippen LogP contribution in [0.1, 0.15) is 68.3 Å². The van der Waals surface area contributed by atoms with E-state index in [2.05, 4.69) is 38.6 Å². The molecule has 10 heteroatoms. The highest BCUT2D eigenvalue weighted by atomic mass is 19.1. The molecule has 1 saturated carbocycles. The Hall–Kier alpha value is -3.66. The number of carboxylic acid groups (broad SMARTS) is 1. The van der Waals surface area contributed by atoms with E-state index in [0.717, 1.165) is 62.3 Å². The molecule has 5 rings (SSSR count). The first kappa shape index (κ1) is 29.8. The maximum Gasteiger partial charge on any atom is 0.306 e. The number of benzene rings is 2. The highest BCUT2D eigenvalue weighted by molar-refractivity contribution is 5.95. The van der Waals surface area contributed by atoms with Crippen LogP contribution in [0.25, 0.3) is 0 Å². The molecule has 0 bridgehead atoms. The van der Waals surface area contributed by atoms with E-state index < -0.39 is 12.3 Å². The molecule has 1 unspecified atom stereocenters. The third-order valence-corrected chi connectivity index (χ3v) is 8.90. The molecule has 2 fully saturated rings. The summed E-state index contributed by atoms with van der Waals surface area (Å²) in [5.74, 6) is -1.49. The summed E-state index contributed by atoms with van der Waals surface area (Å²) in [6.45, 7) is 6.17. The number of rotatable bonds is 8. The van der Waals surface area contributed by atoms with Gasteiger partial charge in [-0.15, -0.1) is 0 Å². The number of nitrogens with zero attached hydrogens (tertiary/aromatic N) is 3. The molecule has 0 aromatic heterocycles. The fourth-order valence-electron chi connectivity index (χ4n) is 6.55. The molecule has 2 heterocycles. The second kappa shape index (κ2) is 12.7. The minimum absolute atomic E-state index is 0.0178. The Kier molecular flexibility index (Phi) is 9.01. The highest BCUT2D eigenvalue weighted by Crippen LogP contribution is 2.42. The van der Waals surface area contributed by atoms with Gasteiger partial charge < -0.3 is 25.5 Å². The summed E-state index contributed by atoms with van der Waals surface area (Å²) in [5.41, 5.74) is 3.50. The van der Waals surface area contributed by atoms with E-state index in [1.807, 2.05) is 13.8 Å². The third-order valence-electron chi connectivity index (χ3n) is 8.90. The van der Waals surface area contributed by atoms with E-state index >= 15 is 0 Å². The van der Waals surface area contributed by atoms with E-state index in [1.54, 1.807) is 11.9 Å². The van der Waals surface area contributed by atoms with Crippen molar-refractivity contribution in [1.82, 2.24) is 15.1 Å². The van der Waals surface area contributed by atoms with Crippen LogP contribution in [0.15, 0.2) is 42.5 Å². The lowest BCUT2D eigenvalue weighted by molar-refractivity contribution is -0.143. The summed E-state index contributed by atoms with van der Waals surface area (Å²) in [6.07, 6.45) is 4.05. The monoisotopic (exact) mass is 579 g/mol. The smallest absolute Gasteiger partial charge is 0.306 e. The molecule has 1 atom stereocenters. The van der Waals surface area contributed by atoms with Gasteiger partial charge in [0.25, 0.3) is 5.91 Å². The summed E-state index contributed by atoms with van der Waals surface area (Å²) in [5, 5.41) is 16.0. The van der Waals surface area contributed by atoms with E-state index in [1.165, 1.54) is 24.3 Å². The Morgan fingerprint density at radius 3 is 2.29 bits per heavy atom. The normalized spacial score (nSPS) is 22.9. The van der Waals surface area contributed by atoms with Crippen molar-refractivity contribution in [2.75, 3.05) is 30.4 Å². The zero-order valence-corrected chi connectivity index (χ0v) is 24.7. The second-order valence-corrected chi connectivity index (χ2v) is 12.3. The zero-order valence-electron chi connectivity index (χ0n) is 24.7. The molecule has 3 aliphatic rings. The fourth-order valence-corrected chi connectivity index (χ4v) is 6.55. The number of anilines is 2. The van der Waals surface area contributed by atoms with Gasteiger partial charge in [-0.2, -0.15) is 0 Å². The molecular formula is C32H42FN5O4. The Bertz CT molecular complexity index is 1290. The molecule has 0 spiro atoms. The van der Waals surface area contributed by atoms with E-state index in [4.69, 9.17) is 0 Å². The van der Waals surface area contributed by atoms with Gasteiger partial charge in [0.05, 0.1) is 17.3 Å². The standard InChI is InChI=1S/C32H42FN5O4/c1-20(2)34-29(39)22-7-11-26(12-8-22)38-28-18-21(19-37-16-14-24(15-17-37)31(41)42)4-13-27(28)35-32(38)36(3)30(40)23-5-9-25(33)10-6-23/h4-6,9-10,13,18,20,22,24,26,32,35H,7-8,11-12,14-17,19H2,1-3H3,(H,34,39)(H,41,42). The Labute approximate surface area is 247 Å². The first-order valence-electron chi connectivity index (χ1n) is 15.1. The SMILES string of the molecule is CC(C)NC(=O)C1CCC(N2c3cc(CN4CCC(C(=O)O)CC4)ccc3NC2N(C)C(=O)c2ccc(F)cc2)CC1. The number of aliphatic carboxylic acids is 1. The lowest BCUT2D eigenvalue weighted by atomic mass is 9.84. The first-order valence-corrected chi connectivity index (χ1v) is 15.1. The lowest BCUT2D eigenvalue weighted by Gasteiger charge is -2.42. The molecular weight excluding hydrogens is 537 g/mol. The summed E-state index contributed by atoms with van der Waals surface area (Å²) in [7, 11) is 1.76. The first-order chi connectivity index (χ1) is 20.1. The quantitative estimate of drug-likeness (QED) is 0.423. The third kappa shape index (κ3) is 6.53. The number of amides is 2. The minimum atomic E-state index is -0.712. The number of hydrogen-bond donors (Lipinski definition) is 3. The maximum absolute atomic E-state index is 13.6. The molecule has 9 nitrogen and oxygen atoms in total. The van der Waals surface area contributed by atoms with Crippen molar-refractivity contribution in [2.45, 2.75) is 77.3 Å². The van der Waals surface area contributed by atoms with Gasteiger partial charge in [-0.1, -0.05) is 6.07 Å². The molecule has 0 radical (unpaired) electrons. The summed E-state index contributed by atoms with van der Waals surface area (Å²) in [4.78, 5) is 43.9. The van der Waals surface area contributed by atoms with Crippen LogP contribution in [0.4, 0.5) is 15.8 Å². The highest BCUT2D eigenvalue weighted by Gasteiger charge is 2.40. The fraction of sp³-hybridized carbons (Fsp3) is 0.531. The Balaban J connectivity index is 1.36. The molecule has 42 heavy (non-hydrogen) atoms. The molecule has 226 valence electrons. The number of likely N-dealkylation sites (tertiary alicyclic amines) is 1. The molecule has 1 aliphatic carbocycles.